The average Bonchev–Trinajstić information content (AvgIpc) is 3.02. The van der Waals surface area contributed by atoms with E-state index in [2.05, 4.69) is 0 Å². The molecular formula is C17H22O6. The molecule has 0 unspecified atom stereocenters. The van der Waals surface area contributed by atoms with E-state index in [0.29, 0.717) is 12.4 Å². The second-order valence-corrected chi connectivity index (χ2v) is 6.20. The van der Waals surface area contributed by atoms with Crippen molar-refractivity contribution < 1.29 is 29.2 Å². The lowest BCUT2D eigenvalue weighted by molar-refractivity contribution is -0.156. The van der Waals surface area contributed by atoms with Crippen molar-refractivity contribution in [2.75, 3.05) is 13.7 Å². The van der Waals surface area contributed by atoms with Crippen LogP contribution in [0.3, 0.4) is 0 Å². The maximum atomic E-state index is 10.2. The normalized spacial score (nSPS) is 34.6. The largest absolute Gasteiger partial charge is 0.497 e. The van der Waals surface area contributed by atoms with Gasteiger partial charge in [-0.3, -0.25) is 0 Å². The van der Waals surface area contributed by atoms with Crippen LogP contribution >= 0.6 is 0 Å². The molecule has 3 rings (SSSR count). The molecule has 1 aromatic rings. The molecule has 0 saturated carbocycles. The number of aliphatic hydroxyl groups is 2. The van der Waals surface area contributed by atoms with Gasteiger partial charge in [-0.15, -0.1) is 0 Å². The van der Waals surface area contributed by atoms with E-state index in [0.717, 1.165) is 11.3 Å². The molecule has 0 radical (unpaired) electrons. The predicted molar refractivity (Wildman–Crippen MR) is 82.8 cm³/mol. The highest BCUT2D eigenvalue weighted by Crippen LogP contribution is 2.34. The second kappa shape index (κ2) is 6.13. The topological polar surface area (TPSA) is 77.4 Å². The summed E-state index contributed by atoms with van der Waals surface area (Å²) in [6.07, 6.45) is -1.52. The fourth-order valence-electron chi connectivity index (χ4n) is 2.80. The smallest absolute Gasteiger partial charge is 0.163 e. The average molecular weight is 322 g/mol. The molecule has 6 heteroatoms. The minimum atomic E-state index is -1.09. The zero-order valence-corrected chi connectivity index (χ0v) is 13.4. The first-order valence-electron chi connectivity index (χ1n) is 7.60. The highest BCUT2D eigenvalue weighted by molar-refractivity contribution is 5.54. The molecule has 0 aliphatic carbocycles. The van der Waals surface area contributed by atoms with Crippen LogP contribution in [-0.4, -0.2) is 54.1 Å². The highest BCUT2D eigenvalue weighted by Gasteiger charge is 2.48. The third-order valence-corrected chi connectivity index (χ3v) is 4.05. The van der Waals surface area contributed by atoms with Gasteiger partial charge >= 0.3 is 0 Å². The van der Waals surface area contributed by atoms with E-state index >= 15 is 0 Å². The lowest BCUT2D eigenvalue weighted by atomic mass is 10.1. The molecule has 0 amide bonds. The molecule has 2 aliphatic rings. The van der Waals surface area contributed by atoms with Gasteiger partial charge in [0, 0.05) is 0 Å². The van der Waals surface area contributed by atoms with Gasteiger partial charge in [0.05, 0.1) is 13.7 Å². The van der Waals surface area contributed by atoms with E-state index < -0.39 is 30.2 Å². The molecule has 4 atom stereocenters. The molecule has 0 spiro atoms. The summed E-state index contributed by atoms with van der Waals surface area (Å²) in [5.74, 6) is 0.360. The van der Waals surface area contributed by atoms with Crippen molar-refractivity contribution >= 4 is 6.08 Å². The molecule has 2 saturated heterocycles. The first-order chi connectivity index (χ1) is 10.9. The Morgan fingerprint density at radius 2 is 1.91 bits per heavy atom. The Labute approximate surface area is 135 Å². The summed E-state index contributed by atoms with van der Waals surface area (Å²) in [7, 11) is 1.60. The number of hydrogen-bond donors (Lipinski definition) is 2. The van der Waals surface area contributed by atoms with E-state index in [4.69, 9.17) is 18.9 Å². The molecule has 0 aromatic heterocycles. The van der Waals surface area contributed by atoms with Gasteiger partial charge in [0.1, 0.15) is 29.8 Å². The van der Waals surface area contributed by atoms with Crippen LogP contribution in [0.5, 0.6) is 5.75 Å². The highest BCUT2D eigenvalue weighted by atomic mass is 16.8. The molecule has 23 heavy (non-hydrogen) atoms. The Morgan fingerprint density at radius 3 is 2.48 bits per heavy atom. The van der Waals surface area contributed by atoms with Crippen molar-refractivity contribution in [2.45, 2.75) is 44.1 Å². The van der Waals surface area contributed by atoms with E-state index in [1.165, 1.54) is 0 Å². The number of hydrogen-bond acceptors (Lipinski definition) is 6. The molecule has 2 heterocycles. The molecule has 2 aliphatic heterocycles. The predicted octanol–water partition coefficient (Wildman–Crippen LogP) is 1.31. The van der Waals surface area contributed by atoms with E-state index in [1.54, 1.807) is 27.0 Å². The number of benzene rings is 1. The quantitative estimate of drug-likeness (QED) is 0.874. The molecule has 126 valence electrons. The van der Waals surface area contributed by atoms with Crippen LogP contribution in [0.2, 0.25) is 0 Å². The summed E-state index contributed by atoms with van der Waals surface area (Å²) in [5.41, 5.74) is 0.844. The van der Waals surface area contributed by atoms with Crippen LogP contribution in [0.1, 0.15) is 19.4 Å². The Balaban J connectivity index is 1.75. The van der Waals surface area contributed by atoms with E-state index in [-0.39, 0.29) is 0 Å². The van der Waals surface area contributed by atoms with Crippen molar-refractivity contribution in [2.24, 2.45) is 0 Å². The fraction of sp³-hybridized carbons (Fsp3) is 0.529. The van der Waals surface area contributed by atoms with Crippen molar-refractivity contribution in [1.82, 2.24) is 0 Å². The summed E-state index contributed by atoms with van der Waals surface area (Å²) in [6, 6.07) is 7.33. The minimum Gasteiger partial charge on any atom is -0.497 e. The van der Waals surface area contributed by atoms with Crippen molar-refractivity contribution in [1.29, 1.82) is 0 Å². The van der Waals surface area contributed by atoms with Crippen molar-refractivity contribution in [3.63, 3.8) is 0 Å². The van der Waals surface area contributed by atoms with Crippen LogP contribution in [0.4, 0.5) is 0 Å². The van der Waals surface area contributed by atoms with Gasteiger partial charge in [-0.2, -0.15) is 0 Å². The summed E-state index contributed by atoms with van der Waals surface area (Å²) >= 11 is 0. The minimum absolute atomic E-state index is 0.317. The Morgan fingerprint density at radius 1 is 1.22 bits per heavy atom. The zero-order chi connectivity index (χ0) is 16.6. The SMILES string of the molecule is COc1ccc(/C=C2/O[C@H]([C@H]3COC(C)(C)O3)[C@H](O)[C@H]2O)cc1. The van der Waals surface area contributed by atoms with Crippen LogP contribution < -0.4 is 4.74 Å². The first kappa shape index (κ1) is 16.3. The third kappa shape index (κ3) is 3.35. The Kier molecular flexibility index (Phi) is 4.33. The van der Waals surface area contributed by atoms with E-state index in [9.17, 15) is 10.2 Å². The van der Waals surface area contributed by atoms with Crippen LogP contribution in [0.25, 0.3) is 6.08 Å². The summed E-state index contributed by atoms with van der Waals surface area (Å²) < 4.78 is 22.1. The maximum absolute atomic E-state index is 10.2. The van der Waals surface area contributed by atoms with Crippen LogP contribution in [0, 0.1) is 0 Å². The molecule has 2 N–H and O–H groups in total. The Bertz CT molecular complexity index is 579. The number of ether oxygens (including phenoxy) is 4. The molecular weight excluding hydrogens is 300 g/mol. The fourth-order valence-corrected chi connectivity index (χ4v) is 2.80. The van der Waals surface area contributed by atoms with Crippen LogP contribution in [0.15, 0.2) is 30.0 Å². The van der Waals surface area contributed by atoms with Gasteiger partial charge in [0.2, 0.25) is 0 Å². The standard InChI is InChI=1S/C17H22O6/c1-17(2)21-9-13(23-17)16-15(19)14(18)12(22-16)8-10-4-6-11(20-3)7-5-10/h4-8,13-16,18-19H,9H2,1-3H3/b12-8+/t13-,14+,15-,16-/m1/s1. The number of rotatable bonds is 3. The number of aliphatic hydroxyl groups excluding tert-OH is 2. The van der Waals surface area contributed by atoms with Gasteiger partial charge < -0.3 is 29.2 Å². The first-order valence-corrected chi connectivity index (χ1v) is 7.60. The number of methoxy groups -OCH3 is 1. The molecule has 6 nitrogen and oxygen atoms in total. The van der Waals surface area contributed by atoms with Gasteiger partial charge in [-0.1, -0.05) is 12.1 Å². The van der Waals surface area contributed by atoms with Crippen molar-refractivity contribution in [3.8, 4) is 5.75 Å². The summed E-state index contributed by atoms with van der Waals surface area (Å²) in [5, 5.41) is 20.5. The van der Waals surface area contributed by atoms with Gasteiger partial charge in [0.25, 0.3) is 0 Å². The second-order valence-electron chi connectivity index (χ2n) is 6.20. The van der Waals surface area contributed by atoms with Crippen LogP contribution in [-0.2, 0) is 14.2 Å². The van der Waals surface area contributed by atoms with Gasteiger partial charge in [0.15, 0.2) is 11.9 Å². The molecule has 1 aromatic carbocycles. The van der Waals surface area contributed by atoms with Gasteiger partial charge in [-0.25, -0.2) is 0 Å². The van der Waals surface area contributed by atoms with Crippen molar-refractivity contribution in [3.05, 3.63) is 35.6 Å². The monoisotopic (exact) mass is 322 g/mol. The lowest BCUT2D eigenvalue weighted by Crippen LogP contribution is -2.40. The summed E-state index contributed by atoms with van der Waals surface area (Å²) in [6.45, 7) is 3.93. The molecule has 0 bridgehead atoms. The van der Waals surface area contributed by atoms with E-state index in [1.807, 2.05) is 24.3 Å². The zero-order valence-electron chi connectivity index (χ0n) is 13.4. The molecule has 2 fully saturated rings. The maximum Gasteiger partial charge on any atom is 0.163 e. The lowest BCUT2D eigenvalue weighted by Gasteiger charge is -2.22. The van der Waals surface area contributed by atoms with Gasteiger partial charge in [-0.05, 0) is 37.6 Å². The summed E-state index contributed by atoms with van der Waals surface area (Å²) in [4.78, 5) is 0. The third-order valence-electron chi connectivity index (χ3n) is 4.05. The Hall–Kier alpha value is -1.60.